The van der Waals surface area contributed by atoms with Crippen LogP contribution in [0.3, 0.4) is 0 Å². The average Bonchev–Trinajstić information content (AvgIpc) is 3.34. The first kappa shape index (κ1) is 39.8. The number of ether oxygens (including phenoxy) is 6. The molecule has 4 fully saturated rings. The van der Waals surface area contributed by atoms with Crippen molar-refractivity contribution < 1.29 is 48.5 Å². The number of carbonyl (C=O) groups excluding carboxylic acids is 1. The number of methoxy groups -OCH3 is 1. The van der Waals surface area contributed by atoms with Crippen molar-refractivity contribution in [3.8, 4) is 0 Å². The lowest BCUT2D eigenvalue weighted by Gasteiger charge is -2.47. The molecular formula is C36H66N2O10. The largest absolute Gasteiger partial charge is 0.390 e. The van der Waals surface area contributed by atoms with Crippen LogP contribution in [0.25, 0.3) is 0 Å². The zero-order valence-corrected chi connectivity index (χ0v) is 31.4. The molecular weight excluding hydrogens is 620 g/mol. The van der Waals surface area contributed by atoms with Crippen LogP contribution < -0.4 is 10.6 Å². The van der Waals surface area contributed by atoms with Crippen molar-refractivity contribution in [3.63, 3.8) is 0 Å². The summed E-state index contributed by atoms with van der Waals surface area (Å²) in [6.07, 6.45) is -3.21. The van der Waals surface area contributed by atoms with Gasteiger partial charge in [0, 0.05) is 37.8 Å². The van der Waals surface area contributed by atoms with Crippen LogP contribution in [0.15, 0.2) is 0 Å². The van der Waals surface area contributed by atoms with Gasteiger partial charge in [0.05, 0.1) is 59.8 Å². The normalized spacial score (nSPS) is 52.6. The first-order chi connectivity index (χ1) is 22.3. The lowest BCUT2D eigenvalue weighted by molar-refractivity contribution is -0.308. The third-order valence-corrected chi connectivity index (χ3v) is 12.0. The smallest absolute Gasteiger partial charge is 0.225 e. The van der Waals surface area contributed by atoms with Crippen LogP contribution in [0, 0.1) is 23.7 Å². The van der Waals surface area contributed by atoms with E-state index in [0.29, 0.717) is 32.1 Å². The Morgan fingerprint density at radius 2 is 1.62 bits per heavy atom. The molecule has 0 aromatic rings. The molecule has 0 spiro atoms. The van der Waals surface area contributed by atoms with Crippen LogP contribution in [0.4, 0.5) is 0 Å². The summed E-state index contributed by atoms with van der Waals surface area (Å²) in [7, 11) is 3.50. The summed E-state index contributed by atoms with van der Waals surface area (Å²) in [4.78, 5) is 14.2. The number of hydrogen-bond acceptors (Lipinski definition) is 11. The molecule has 4 aliphatic heterocycles. The predicted molar refractivity (Wildman–Crippen MR) is 180 cm³/mol. The second-order valence-corrected chi connectivity index (χ2v) is 16.3. The molecule has 12 heteroatoms. The van der Waals surface area contributed by atoms with Gasteiger partial charge >= 0.3 is 0 Å². The minimum absolute atomic E-state index is 0.00531. The van der Waals surface area contributed by atoms with E-state index in [1.807, 2.05) is 62.4 Å². The molecule has 1 amide bonds. The van der Waals surface area contributed by atoms with E-state index >= 15 is 0 Å². The van der Waals surface area contributed by atoms with E-state index in [9.17, 15) is 20.1 Å². The SMILES string of the molecule is CC[C@H]1NC(=O)[C@H](C)[C@@H](O[C@H]2C[C@@](C)(OC)C[C@H](C)O2)[C@H](C)[C@@H](O[C@@H]2O[C@H](C)C[C@H](NC)[C@H]2O)[C@@]2(C)C[C@@H](C)[C@@H](O2)[C@H](C)[C@@H](O)[C@]1(C)O. The zero-order valence-electron chi connectivity index (χ0n) is 31.4. The fraction of sp³-hybridized carbons (Fsp3) is 0.972. The quantitative estimate of drug-likeness (QED) is 0.268. The van der Waals surface area contributed by atoms with Gasteiger partial charge in [-0.3, -0.25) is 4.79 Å². The van der Waals surface area contributed by atoms with E-state index in [0.717, 1.165) is 0 Å². The topological polar surface area (TPSA) is 157 Å². The summed E-state index contributed by atoms with van der Waals surface area (Å²) in [6, 6.07) is -0.970. The molecule has 5 N–H and O–H groups in total. The van der Waals surface area contributed by atoms with Gasteiger partial charge in [-0.15, -0.1) is 0 Å². The van der Waals surface area contributed by atoms with E-state index in [1.165, 1.54) is 0 Å². The molecule has 4 rings (SSSR count). The summed E-state index contributed by atoms with van der Waals surface area (Å²) in [5.41, 5.74) is -3.05. The zero-order chi connectivity index (χ0) is 35.9. The van der Waals surface area contributed by atoms with Crippen molar-refractivity contribution in [1.82, 2.24) is 10.6 Å². The van der Waals surface area contributed by atoms with Crippen molar-refractivity contribution in [2.24, 2.45) is 23.7 Å². The molecule has 2 bridgehead atoms. The van der Waals surface area contributed by atoms with Crippen molar-refractivity contribution >= 4 is 5.91 Å². The first-order valence-corrected chi connectivity index (χ1v) is 18.2. The van der Waals surface area contributed by atoms with E-state index < -0.39 is 83.7 Å². The molecule has 4 aliphatic rings. The summed E-state index contributed by atoms with van der Waals surface area (Å²) >= 11 is 0. The van der Waals surface area contributed by atoms with Gasteiger partial charge in [0.2, 0.25) is 5.91 Å². The highest BCUT2D eigenvalue weighted by atomic mass is 16.7. The second kappa shape index (κ2) is 15.4. The van der Waals surface area contributed by atoms with E-state index in [-0.39, 0.29) is 30.1 Å². The predicted octanol–water partition coefficient (Wildman–Crippen LogP) is 2.88. The summed E-state index contributed by atoms with van der Waals surface area (Å²) in [5.74, 6) is -2.01. The number of nitrogens with one attached hydrogen (secondary N) is 2. The molecule has 4 saturated heterocycles. The summed E-state index contributed by atoms with van der Waals surface area (Å²) < 4.78 is 39.1. The minimum atomic E-state index is -1.64. The molecule has 48 heavy (non-hydrogen) atoms. The van der Waals surface area contributed by atoms with Gasteiger partial charge in [-0.2, -0.15) is 0 Å². The van der Waals surface area contributed by atoms with Crippen molar-refractivity contribution in [3.05, 3.63) is 0 Å². The molecule has 0 aliphatic carbocycles. The number of rotatable bonds is 7. The van der Waals surface area contributed by atoms with Crippen molar-refractivity contribution in [1.29, 1.82) is 0 Å². The van der Waals surface area contributed by atoms with Gasteiger partial charge in [0.25, 0.3) is 0 Å². The maximum Gasteiger partial charge on any atom is 0.225 e. The highest BCUT2D eigenvalue weighted by Gasteiger charge is 2.57. The van der Waals surface area contributed by atoms with Crippen molar-refractivity contribution in [2.45, 2.75) is 186 Å². The van der Waals surface area contributed by atoms with Crippen LogP contribution in [0.2, 0.25) is 0 Å². The Morgan fingerprint density at radius 1 is 0.958 bits per heavy atom. The Balaban J connectivity index is 1.82. The standard InChI is InChI=1S/C36H66N2O10/c1-13-25-36(10,42)30(40)21(5)28-18(2)15-35(9,48-28)31(47-33-27(39)24(37-11)14-19(3)45-33)22(6)29(23(7)32(41)38-25)46-26-17-34(8,43-12)16-20(4)44-26/h18-31,33,37,39-40,42H,13-17H2,1-12H3,(H,38,41)/t18-,19-,20+,21+,22+,23-,24+,25-,26+,27-,28-,29+,30-,31-,33+,34+,35-,36-/m1/s1. The molecule has 280 valence electrons. The van der Waals surface area contributed by atoms with Crippen LogP contribution in [-0.2, 0) is 33.2 Å². The second-order valence-electron chi connectivity index (χ2n) is 16.3. The lowest BCUT2D eigenvalue weighted by atomic mass is 9.75. The Bertz CT molecular complexity index is 1080. The lowest BCUT2D eigenvalue weighted by Crippen LogP contribution is -2.61. The molecule has 0 saturated carbocycles. The Labute approximate surface area is 288 Å². The Hall–Kier alpha value is -0.930. The molecule has 0 aromatic heterocycles. The summed E-state index contributed by atoms with van der Waals surface area (Å²) in [6.45, 7) is 19.2. The average molecular weight is 687 g/mol. The Morgan fingerprint density at radius 3 is 2.23 bits per heavy atom. The van der Waals surface area contributed by atoms with Gasteiger partial charge in [0.1, 0.15) is 11.7 Å². The summed E-state index contributed by atoms with van der Waals surface area (Å²) in [5, 5.41) is 41.1. The molecule has 4 heterocycles. The van der Waals surface area contributed by atoms with Crippen LogP contribution in [0.5, 0.6) is 0 Å². The number of fused-ring (bicyclic) bond motifs is 2. The van der Waals surface area contributed by atoms with Crippen LogP contribution in [-0.4, -0.2) is 120 Å². The number of amides is 1. The van der Waals surface area contributed by atoms with Gasteiger partial charge in [-0.05, 0) is 66.8 Å². The number of aliphatic hydroxyl groups excluding tert-OH is 2. The first-order valence-electron chi connectivity index (χ1n) is 18.2. The molecule has 0 radical (unpaired) electrons. The maximum absolute atomic E-state index is 14.2. The van der Waals surface area contributed by atoms with Crippen LogP contribution >= 0.6 is 0 Å². The van der Waals surface area contributed by atoms with Gasteiger partial charge < -0.3 is 54.4 Å². The fourth-order valence-corrected chi connectivity index (χ4v) is 9.18. The van der Waals surface area contributed by atoms with E-state index in [1.54, 1.807) is 14.0 Å². The van der Waals surface area contributed by atoms with Gasteiger partial charge in [-0.1, -0.05) is 34.6 Å². The molecule has 0 unspecified atom stereocenters. The third-order valence-electron chi connectivity index (χ3n) is 12.0. The number of aliphatic hydroxyl groups is 3. The van der Waals surface area contributed by atoms with E-state index in [4.69, 9.17) is 28.4 Å². The fourth-order valence-electron chi connectivity index (χ4n) is 9.18. The molecule has 12 nitrogen and oxygen atoms in total. The number of likely N-dealkylation sites (N-methyl/N-ethyl adjacent to an activating group) is 1. The van der Waals surface area contributed by atoms with E-state index in [2.05, 4.69) is 17.6 Å². The third kappa shape index (κ3) is 8.08. The number of carbonyl (C=O) groups is 1. The van der Waals surface area contributed by atoms with Crippen LogP contribution in [0.1, 0.15) is 101 Å². The maximum atomic E-state index is 14.2. The minimum Gasteiger partial charge on any atom is -0.390 e. The van der Waals surface area contributed by atoms with Crippen molar-refractivity contribution in [2.75, 3.05) is 14.2 Å². The van der Waals surface area contributed by atoms with Gasteiger partial charge in [-0.25, -0.2) is 0 Å². The molecule has 18 atom stereocenters. The number of hydrogen-bond donors (Lipinski definition) is 5. The highest BCUT2D eigenvalue weighted by molar-refractivity contribution is 5.79. The van der Waals surface area contributed by atoms with Gasteiger partial charge in [0.15, 0.2) is 12.6 Å². The highest BCUT2D eigenvalue weighted by Crippen LogP contribution is 2.47. The Kier molecular flexibility index (Phi) is 12.7. The monoisotopic (exact) mass is 686 g/mol. The molecule has 0 aromatic carbocycles.